The van der Waals surface area contributed by atoms with Crippen molar-refractivity contribution < 1.29 is 14.3 Å². The van der Waals surface area contributed by atoms with Crippen molar-refractivity contribution >= 4 is 46.2 Å². The van der Waals surface area contributed by atoms with Crippen LogP contribution >= 0.6 is 23.2 Å². The first kappa shape index (κ1) is 22.0. The molecule has 2 atom stereocenters. The van der Waals surface area contributed by atoms with Crippen LogP contribution < -0.4 is 0 Å². The van der Waals surface area contributed by atoms with Crippen LogP contribution in [0.4, 0.5) is 4.79 Å². The molecule has 3 aromatic rings. The number of nitrogens with one attached hydrogen (secondary N) is 1. The Morgan fingerprint density at radius 1 is 0.939 bits per heavy atom. The first-order valence-corrected chi connectivity index (χ1v) is 11.7. The number of H-pyrrole nitrogens is 1. The fourth-order valence-electron chi connectivity index (χ4n) is 4.79. The molecule has 10 heteroatoms. The highest BCUT2D eigenvalue weighted by Crippen LogP contribution is 2.33. The van der Waals surface area contributed by atoms with Crippen molar-refractivity contribution in [2.45, 2.75) is 19.4 Å². The van der Waals surface area contributed by atoms with E-state index in [-0.39, 0.29) is 18.6 Å². The molecule has 0 spiro atoms. The number of hydrogen-bond acceptors (Lipinski definition) is 5. The molecular weight excluding hydrogens is 465 g/mol. The van der Waals surface area contributed by atoms with Gasteiger partial charge in [0.15, 0.2) is 0 Å². The number of amides is 2. The standard InChI is InChI=1S/C23H23Cl2N5O3/c24-18-7-14(8-19(25)10-18)13-33-23(32)30-11-16-3-5-29(6-4-17(16)12-30)22(31)15-1-2-20-21(9-15)27-28-26-20/h1-2,7-10,16-17H,3-6,11-13H2,(H,26,27,28)/t16-,17?/m1/s1. The zero-order valence-corrected chi connectivity index (χ0v) is 19.3. The molecule has 8 nitrogen and oxygen atoms in total. The van der Waals surface area contributed by atoms with Crippen LogP contribution in [0.2, 0.25) is 10.0 Å². The topological polar surface area (TPSA) is 91.4 Å². The minimum absolute atomic E-state index is 0.0105. The van der Waals surface area contributed by atoms with Gasteiger partial charge in [0.2, 0.25) is 0 Å². The Kier molecular flexibility index (Phi) is 6.12. The predicted octanol–water partition coefficient (Wildman–Crippen LogP) is 4.39. The monoisotopic (exact) mass is 487 g/mol. The molecule has 1 aromatic heterocycles. The number of hydrogen-bond donors (Lipinski definition) is 1. The molecule has 2 fully saturated rings. The molecule has 2 aliphatic heterocycles. The van der Waals surface area contributed by atoms with E-state index in [9.17, 15) is 9.59 Å². The van der Waals surface area contributed by atoms with E-state index in [1.54, 1.807) is 41.3 Å². The van der Waals surface area contributed by atoms with Crippen LogP contribution in [0.1, 0.15) is 28.8 Å². The molecule has 0 aliphatic carbocycles. The van der Waals surface area contributed by atoms with E-state index in [2.05, 4.69) is 15.4 Å². The second-order valence-corrected chi connectivity index (χ2v) is 9.53. The summed E-state index contributed by atoms with van der Waals surface area (Å²) in [7, 11) is 0. The van der Waals surface area contributed by atoms with E-state index in [0.29, 0.717) is 59.1 Å². The molecule has 33 heavy (non-hydrogen) atoms. The molecule has 0 radical (unpaired) electrons. The first-order valence-electron chi connectivity index (χ1n) is 10.9. The normalized spacial score (nSPS) is 20.5. The molecule has 1 unspecified atom stereocenters. The predicted molar refractivity (Wildman–Crippen MR) is 124 cm³/mol. The number of halogens is 2. The maximum absolute atomic E-state index is 13.0. The molecular formula is C23H23Cl2N5O3. The SMILES string of the molecule is O=C(OCc1cc(Cl)cc(Cl)c1)N1CC2CCN(C(=O)c3ccc4n[nH]nc4c3)CC[C@@H]2C1. The van der Waals surface area contributed by atoms with Crippen LogP contribution in [0.15, 0.2) is 36.4 Å². The van der Waals surface area contributed by atoms with Crippen LogP contribution in [0.3, 0.4) is 0 Å². The van der Waals surface area contributed by atoms with E-state index in [1.807, 2.05) is 4.90 Å². The third kappa shape index (κ3) is 4.77. The Morgan fingerprint density at radius 2 is 1.61 bits per heavy atom. The average Bonchev–Trinajstić information content (AvgIpc) is 3.38. The minimum atomic E-state index is -0.326. The lowest BCUT2D eigenvalue weighted by molar-refractivity contribution is 0.0751. The maximum atomic E-state index is 13.0. The largest absolute Gasteiger partial charge is 0.445 e. The zero-order chi connectivity index (χ0) is 22.9. The van der Waals surface area contributed by atoms with Crippen molar-refractivity contribution in [3.05, 3.63) is 57.6 Å². The van der Waals surface area contributed by atoms with Crippen LogP contribution in [0, 0.1) is 11.8 Å². The van der Waals surface area contributed by atoms with Crippen molar-refractivity contribution in [2.24, 2.45) is 11.8 Å². The summed E-state index contributed by atoms with van der Waals surface area (Å²) in [5, 5.41) is 11.7. The van der Waals surface area contributed by atoms with E-state index < -0.39 is 0 Å². The van der Waals surface area contributed by atoms with Gasteiger partial charge in [-0.15, -0.1) is 0 Å². The van der Waals surface area contributed by atoms with E-state index in [4.69, 9.17) is 27.9 Å². The molecule has 5 rings (SSSR count). The number of carbonyl (C=O) groups excluding carboxylic acids is 2. The molecule has 1 N–H and O–H groups in total. The van der Waals surface area contributed by atoms with Gasteiger partial charge < -0.3 is 14.5 Å². The number of ether oxygens (including phenoxy) is 1. The van der Waals surface area contributed by atoms with Gasteiger partial charge in [-0.3, -0.25) is 4.79 Å². The highest BCUT2D eigenvalue weighted by Gasteiger charge is 2.38. The number of nitrogens with zero attached hydrogens (tertiary/aromatic N) is 4. The lowest BCUT2D eigenvalue weighted by Gasteiger charge is -2.22. The smallest absolute Gasteiger partial charge is 0.410 e. The number of aromatic nitrogens is 3. The second-order valence-electron chi connectivity index (χ2n) is 8.65. The van der Waals surface area contributed by atoms with Crippen molar-refractivity contribution in [3.8, 4) is 0 Å². The molecule has 172 valence electrons. The van der Waals surface area contributed by atoms with Gasteiger partial charge in [0.1, 0.15) is 17.6 Å². The van der Waals surface area contributed by atoms with Crippen molar-refractivity contribution in [1.82, 2.24) is 25.2 Å². The summed E-state index contributed by atoms with van der Waals surface area (Å²) in [6.45, 7) is 2.75. The van der Waals surface area contributed by atoms with E-state index >= 15 is 0 Å². The number of aromatic amines is 1. The minimum Gasteiger partial charge on any atom is -0.445 e. The summed E-state index contributed by atoms with van der Waals surface area (Å²) in [6.07, 6.45) is 1.39. The number of likely N-dealkylation sites (tertiary alicyclic amines) is 2. The summed E-state index contributed by atoms with van der Waals surface area (Å²) in [5.41, 5.74) is 2.80. The van der Waals surface area contributed by atoms with Crippen molar-refractivity contribution in [2.75, 3.05) is 26.2 Å². The molecule has 3 heterocycles. The van der Waals surface area contributed by atoms with Crippen LogP contribution in [0.5, 0.6) is 0 Å². The molecule has 2 aromatic carbocycles. The van der Waals surface area contributed by atoms with Gasteiger partial charge in [-0.2, -0.15) is 15.4 Å². The quantitative estimate of drug-likeness (QED) is 0.591. The third-order valence-electron chi connectivity index (χ3n) is 6.51. The van der Waals surface area contributed by atoms with Crippen LogP contribution in [-0.2, 0) is 11.3 Å². The Labute approximate surface area is 200 Å². The van der Waals surface area contributed by atoms with E-state index in [0.717, 1.165) is 23.9 Å². The lowest BCUT2D eigenvalue weighted by Crippen LogP contribution is -2.34. The summed E-state index contributed by atoms with van der Waals surface area (Å²) >= 11 is 12.0. The van der Waals surface area contributed by atoms with E-state index in [1.165, 1.54) is 0 Å². The molecule has 2 saturated heterocycles. The van der Waals surface area contributed by atoms with Crippen LogP contribution in [-0.4, -0.2) is 63.4 Å². The Morgan fingerprint density at radius 3 is 2.30 bits per heavy atom. The van der Waals surface area contributed by atoms with Gasteiger partial charge in [-0.1, -0.05) is 23.2 Å². The fourth-order valence-corrected chi connectivity index (χ4v) is 5.36. The number of benzene rings is 2. The molecule has 2 aliphatic rings. The van der Waals surface area contributed by atoms with Gasteiger partial charge in [0.25, 0.3) is 5.91 Å². The van der Waals surface area contributed by atoms with Gasteiger partial charge in [0.05, 0.1) is 0 Å². The Hall–Kier alpha value is -2.84. The molecule has 0 bridgehead atoms. The average molecular weight is 488 g/mol. The zero-order valence-electron chi connectivity index (χ0n) is 17.8. The highest BCUT2D eigenvalue weighted by atomic mass is 35.5. The number of fused-ring (bicyclic) bond motifs is 2. The molecule has 0 saturated carbocycles. The number of carbonyl (C=O) groups is 2. The summed E-state index contributed by atoms with van der Waals surface area (Å²) in [6, 6.07) is 10.5. The van der Waals surface area contributed by atoms with Gasteiger partial charge in [-0.25, -0.2) is 4.79 Å². The van der Waals surface area contributed by atoms with Crippen molar-refractivity contribution in [1.29, 1.82) is 0 Å². The molecule has 2 amide bonds. The van der Waals surface area contributed by atoms with Gasteiger partial charge in [0, 0.05) is 41.8 Å². The Balaban J connectivity index is 1.16. The highest BCUT2D eigenvalue weighted by molar-refractivity contribution is 6.34. The summed E-state index contributed by atoms with van der Waals surface area (Å²) < 4.78 is 5.50. The summed E-state index contributed by atoms with van der Waals surface area (Å²) in [4.78, 5) is 29.3. The third-order valence-corrected chi connectivity index (χ3v) is 6.95. The maximum Gasteiger partial charge on any atom is 0.410 e. The number of rotatable bonds is 3. The van der Waals surface area contributed by atoms with Crippen LogP contribution in [0.25, 0.3) is 11.0 Å². The van der Waals surface area contributed by atoms with Gasteiger partial charge in [-0.05, 0) is 66.6 Å². The van der Waals surface area contributed by atoms with Gasteiger partial charge >= 0.3 is 6.09 Å². The fraction of sp³-hybridized carbons (Fsp3) is 0.391. The first-order chi connectivity index (χ1) is 16.0. The lowest BCUT2D eigenvalue weighted by atomic mass is 9.92. The summed E-state index contributed by atoms with van der Waals surface area (Å²) in [5.74, 6) is 0.722. The Bertz CT molecular complexity index is 1160. The van der Waals surface area contributed by atoms with Crippen molar-refractivity contribution in [3.63, 3.8) is 0 Å². The second kappa shape index (κ2) is 9.19.